The molecule has 3 heterocycles. The zero-order chi connectivity index (χ0) is 24.2. The molecule has 2 aliphatic heterocycles. The molecule has 34 heavy (non-hydrogen) atoms. The Hall–Kier alpha value is -3.64. The Morgan fingerprint density at radius 2 is 1.79 bits per heavy atom. The van der Waals surface area contributed by atoms with E-state index in [-0.39, 0.29) is 50.0 Å². The first-order valence-electron chi connectivity index (χ1n) is 10.7. The van der Waals surface area contributed by atoms with E-state index in [1.807, 2.05) is 0 Å². The molecule has 0 radical (unpaired) electrons. The first-order chi connectivity index (χ1) is 16.4. The molecular weight excluding hydrogens is 451 g/mol. The molecule has 0 spiro atoms. The van der Waals surface area contributed by atoms with Crippen LogP contribution >= 0.6 is 0 Å². The monoisotopic (exact) mass is 476 g/mol. The van der Waals surface area contributed by atoms with Gasteiger partial charge in [0.2, 0.25) is 5.43 Å². The van der Waals surface area contributed by atoms with Gasteiger partial charge in [-0.25, -0.2) is 4.39 Å². The Kier molecular flexibility index (Phi) is 6.98. The summed E-state index contributed by atoms with van der Waals surface area (Å²) in [6.45, 7) is 1.73. The van der Waals surface area contributed by atoms with Gasteiger partial charge in [0.25, 0.3) is 11.8 Å². The van der Waals surface area contributed by atoms with E-state index in [1.165, 1.54) is 34.0 Å². The fourth-order valence-corrected chi connectivity index (χ4v) is 3.69. The lowest BCUT2D eigenvalue weighted by Gasteiger charge is -2.38. The zero-order valence-corrected chi connectivity index (χ0v) is 18.6. The van der Waals surface area contributed by atoms with Crippen molar-refractivity contribution < 1.29 is 33.3 Å². The summed E-state index contributed by atoms with van der Waals surface area (Å²) in [5.41, 5.74) is -1.06. The third kappa shape index (κ3) is 4.82. The molecule has 2 aromatic rings. The van der Waals surface area contributed by atoms with Crippen molar-refractivity contribution in [2.75, 3.05) is 58.3 Å². The van der Waals surface area contributed by atoms with Gasteiger partial charge in [-0.05, 0) is 6.07 Å². The van der Waals surface area contributed by atoms with Crippen LogP contribution in [0.1, 0.15) is 26.4 Å². The Morgan fingerprint density at radius 3 is 2.59 bits per heavy atom. The zero-order valence-electron chi connectivity index (χ0n) is 18.6. The summed E-state index contributed by atoms with van der Waals surface area (Å²) in [7, 11) is 1.54. The number of benzene rings is 1. The van der Waals surface area contributed by atoms with Crippen LogP contribution in [0.3, 0.4) is 0 Å². The standard InChI is InChI=1S/C22H25FN4O7/c1-25-13-26-4-5-32-6-7-33-8-9-34-17-10-15(23)3-2-14(17)11-24-21(30)16-12-27(26)18(22(25)31)20(29)19(16)28/h2-3,10,12,29H,4-9,11,13H2,1H3,(H,24,30). The molecule has 12 heteroatoms. The van der Waals surface area contributed by atoms with Gasteiger partial charge in [0.15, 0.2) is 11.4 Å². The summed E-state index contributed by atoms with van der Waals surface area (Å²) in [5.74, 6) is -2.41. The van der Waals surface area contributed by atoms with Crippen LogP contribution in [-0.4, -0.2) is 79.8 Å². The van der Waals surface area contributed by atoms with E-state index in [0.29, 0.717) is 25.3 Å². The molecule has 0 fully saturated rings. The molecule has 0 saturated carbocycles. The van der Waals surface area contributed by atoms with E-state index in [9.17, 15) is 23.9 Å². The van der Waals surface area contributed by atoms with Crippen LogP contribution in [0.4, 0.5) is 4.39 Å². The van der Waals surface area contributed by atoms with Crippen molar-refractivity contribution in [3.63, 3.8) is 0 Å². The van der Waals surface area contributed by atoms with Crippen molar-refractivity contribution in [2.24, 2.45) is 0 Å². The summed E-state index contributed by atoms with van der Waals surface area (Å²) in [6.07, 6.45) is 1.23. The second kappa shape index (κ2) is 10.1. The molecule has 0 atom stereocenters. The largest absolute Gasteiger partial charge is 0.502 e. The maximum absolute atomic E-state index is 13.7. The number of hydrogen-bond acceptors (Lipinski definition) is 8. The molecule has 2 bridgehead atoms. The van der Waals surface area contributed by atoms with Gasteiger partial charge in [-0.3, -0.25) is 24.1 Å². The molecule has 0 saturated heterocycles. The number of aromatic nitrogens is 1. The molecule has 0 unspecified atom stereocenters. The van der Waals surface area contributed by atoms with Gasteiger partial charge in [0.1, 0.15) is 30.4 Å². The van der Waals surface area contributed by atoms with Gasteiger partial charge in [0.05, 0.1) is 33.0 Å². The first-order valence-corrected chi connectivity index (χ1v) is 10.7. The maximum atomic E-state index is 13.7. The van der Waals surface area contributed by atoms with E-state index in [4.69, 9.17) is 14.2 Å². The third-order valence-corrected chi connectivity index (χ3v) is 5.46. The van der Waals surface area contributed by atoms with Crippen LogP contribution in [0.25, 0.3) is 0 Å². The highest BCUT2D eigenvalue weighted by Crippen LogP contribution is 2.22. The van der Waals surface area contributed by atoms with Gasteiger partial charge in [0, 0.05) is 31.4 Å². The number of amides is 2. The van der Waals surface area contributed by atoms with E-state index in [1.54, 1.807) is 12.1 Å². The molecular formula is C22H25FN4O7. The smallest absolute Gasteiger partial charge is 0.277 e. The fraction of sp³-hybridized carbons (Fsp3) is 0.409. The molecule has 4 rings (SSSR count). The van der Waals surface area contributed by atoms with Crippen LogP contribution < -0.4 is 20.5 Å². The number of pyridine rings is 1. The van der Waals surface area contributed by atoms with Crippen molar-refractivity contribution in [1.29, 1.82) is 0 Å². The van der Waals surface area contributed by atoms with E-state index in [2.05, 4.69) is 5.32 Å². The van der Waals surface area contributed by atoms with Crippen molar-refractivity contribution in [2.45, 2.75) is 6.54 Å². The summed E-state index contributed by atoms with van der Waals surface area (Å²) in [5, 5.41) is 14.8. The number of carbonyl (C=O) groups is 2. The summed E-state index contributed by atoms with van der Waals surface area (Å²) < 4.78 is 31.7. The molecule has 2 amide bonds. The second-order valence-corrected chi connectivity index (χ2v) is 7.80. The Morgan fingerprint density at radius 1 is 1.06 bits per heavy atom. The highest BCUT2D eigenvalue weighted by molar-refractivity contribution is 5.99. The summed E-state index contributed by atoms with van der Waals surface area (Å²) in [4.78, 5) is 39.6. The Bertz CT molecular complexity index is 1150. The van der Waals surface area contributed by atoms with Crippen molar-refractivity contribution in [1.82, 2.24) is 14.9 Å². The highest BCUT2D eigenvalue weighted by atomic mass is 19.1. The topological polar surface area (TPSA) is 123 Å². The summed E-state index contributed by atoms with van der Waals surface area (Å²) in [6, 6.07) is 3.89. The number of nitrogens with zero attached hydrogens (tertiary/aromatic N) is 3. The minimum Gasteiger partial charge on any atom is -0.502 e. The fourth-order valence-electron chi connectivity index (χ4n) is 3.69. The second-order valence-electron chi connectivity index (χ2n) is 7.80. The van der Waals surface area contributed by atoms with Crippen molar-refractivity contribution in [3.8, 4) is 11.5 Å². The number of hydrogen-bond donors (Lipinski definition) is 2. The number of ether oxygens (including phenoxy) is 3. The van der Waals surface area contributed by atoms with Gasteiger partial charge >= 0.3 is 0 Å². The number of fused-ring (bicyclic) bond motifs is 2. The Labute approximate surface area is 194 Å². The van der Waals surface area contributed by atoms with E-state index in [0.717, 1.165) is 0 Å². The van der Waals surface area contributed by atoms with Crippen molar-refractivity contribution >= 4 is 11.8 Å². The van der Waals surface area contributed by atoms with Gasteiger partial charge in [-0.1, -0.05) is 6.07 Å². The summed E-state index contributed by atoms with van der Waals surface area (Å²) >= 11 is 0. The number of halogens is 1. The van der Waals surface area contributed by atoms with Crippen LogP contribution in [0.15, 0.2) is 29.2 Å². The predicted octanol–water partition coefficient (Wildman–Crippen LogP) is 0.0297. The van der Waals surface area contributed by atoms with Gasteiger partial charge in [-0.2, -0.15) is 0 Å². The highest BCUT2D eigenvalue weighted by Gasteiger charge is 2.32. The average Bonchev–Trinajstić information content (AvgIpc) is 2.81. The third-order valence-electron chi connectivity index (χ3n) is 5.46. The van der Waals surface area contributed by atoms with E-state index < -0.39 is 28.8 Å². The lowest BCUT2D eigenvalue weighted by atomic mass is 10.1. The van der Waals surface area contributed by atoms with Crippen LogP contribution in [0.2, 0.25) is 0 Å². The number of rotatable bonds is 0. The molecule has 1 aromatic heterocycles. The Balaban J connectivity index is 1.69. The molecule has 2 aliphatic rings. The molecule has 1 aromatic carbocycles. The van der Waals surface area contributed by atoms with Crippen LogP contribution in [-0.2, 0) is 16.0 Å². The molecule has 182 valence electrons. The quantitative estimate of drug-likeness (QED) is 0.546. The van der Waals surface area contributed by atoms with Crippen LogP contribution in [0, 0.1) is 5.82 Å². The average molecular weight is 476 g/mol. The van der Waals surface area contributed by atoms with Gasteiger partial charge < -0.3 is 29.5 Å². The molecule has 0 aliphatic carbocycles. The normalized spacial score (nSPS) is 17.8. The lowest BCUT2D eigenvalue weighted by molar-refractivity contribution is 0.0361. The van der Waals surface area contributed by atoms with Gasteiger partial charge in [-0.15, -0.1) is 0 Å². The first kappa shape index (κ1) is 23.5. The van der Waals surface area contributed by atoms with E-state index >= 15 is 0 Å². The molecule has 2 N–H and O–H groups in total. The number of nitrogens with one attached hydrogen (secondary N) is 1. The van der Waals surface area contributed by atoms with Crippen molar-refractivity contribution in [3.05, 3.63) is 57.3 Å². The van der Waals surface area contributed by atoms with Crippen LogP contribution in [0.5, 0.6) is 11.5 Å². The number of carbonyl (C=O) groups excluding carboxylic acids is 2. The lowest BCUT2D eigenvalue weighted by Crippen LogP contribution is -2.54. The predicted molar refractivity (Wildman–Crippen MR) is 117 cm³/mol. The molecule has 11 nitrogen and oxygen atoms in total. The maximum Gasteiger partial charge on any atom is 0.277 e. The minimum absolute atomic E-state index is 0.0590. The minimum atomic E-state index is -0.967. The number of aromatic hydroxyl groups is 1. The SMILES string of the molecule is CN1CN2CCOCCOCCOc3cc(F)ccc3CNC(=O)c3cn2c(c(O)c3=O)C1=O.